The van der Waals surface area contributed by atoms with Crippen molar-refractivity contribution in [2.24, 2.45) is 0 Å². The van der Waals surface area contributed by atoms with Crippen LogP contribution in [0.15, 0.2) is 18.2 Å². The van der Waals surface area contributed by atoms with Crippen LogP contribution in [-0.2, 0) is 4.79 Å². The lowest BCUT2D eigenvalue weighted by Gasteiger charge is -2.32. The van der Waals surface area contributed by atoms with E-state index in [-0.39, 0.29) is 16.5 Å². The molecule has 1 heterocycles. The average molecular weight is 312 g/mol. The topological polar surface area (TPSA) is 98.7 Å². The molecule has 1 unspecified atom stereocenters. The third kappa shape index (κ3) is 3.25. The molecule has 0 spiro atoms. The Morgan fingerprint density at radius 1 is 1.48 bits per heavy atom. The fourth-order valence-electron chi connectivity index (χ4n) is 2.00. The first-order chi connectivity index (χ1) is 9.90. The number of carbonyl (C=O) groups excluding carboxylic acids is 2. The number of amides is 3. The van der Waals surface area contributed by atoms with Crippen molar-refractivity contribution in [2.45, 2.75) is 13.0 Å². The normalized spacial score (nSPS) is 18.1. The molecule has 1 atom stereocenters. The van der Waals surface area contributed by atoms with E-state index < -0.39 is 18.0 Å². The predicted molar refractivity (Wildman–Crippen MR) is 76.6 cm³/mol. The fraction of sp³-hybridized carbons (Fsp3) is 0.308. The maximum Gasteiger partial charge on any atom is 0.335 e. The minimum absolute atomic E-state index is 0.0312. The number of hydrogen-bond acceptors (Lipinski definition) is 3. The van der Waals surface area contributed by atoms with Crippen LogP contribution in [0, 0.1) is 0 Å². The summed E-state index contributed by atoms with van der Waals surface area (Å²) in [6, 6.07) is 2.98. The van der Waals surface area contributed by atoms with E-state index in [4.69, 9.17) is 16.7 Å². The molecule has 21 heavy (non-hydrogen) atoms. The highest BCUT2D eigenvalue weighted by Crippen LogP contribution is 2.23. The minimum Gasteiger partial charge on any atom is -0.478 e. The quantitative estimate of drug-likeness (QED) is 0.768. The van der Waals surface area contributed by atoms with Crippen LogP contribution in [0.25, 0.3) is 0 Å². The second-order valence-electron chi connectivity index (χ2n) is 4.59. The van der Waals surface area contributed by atoms with Gasteiger partial charge in [0.15, 0.2) is 0 Å². The first-order valence-corrected chi connectivity index (χ1v) is 6.66. The molecule has 1 aliphatic rings. The molecule has 1 aromatic carbocycles. The van der Waals surface area contributed by atoms with Gasteiger partial charge in [0.1, 0.15) is 6.04 Å². The molecule has 3 amide bonds. The monoisotopic (exact) mass is 311 g/mol. The summed E-state index contributed by atoms with van der Waals surface area (Å²) < 4.78 is 0. The number of anilines is 1. The Kier molecular flexibility index (Phi) is 4.32. The van der Waals surface area contributed by atoms with Crippen LogP contribution in [-0.4, -0.2) is 47.0 Å². The Labute approximate surface area is 125 Å². The number of halogens is 1. The molecule has 0 radical (unpaired) electrons. The SMILES string of the molecule is CC1C(=O)NCCN1C(=O)Nc1ccc(C(=O)O)cc1Cl. The lowest BCUT2D eigenvalue weighted by molar-refractivity contribution is -0.126. The van der Waals surface area contributed by atoms with Gasteiger partial charge in [-0.15, -0.1) is 0 Å². The van der Waals surface area contributed by atoms with Gasteiger partial charge in [-0.1, -0.05) is 11.6 Å². The Morgan fingerprint density at radius 2 is 2.19 bits per heavy atom. The second-order valence-corrected chi connectivity index (χ2v) is 5.00. The first kappa shape index (κ1) is 15.1. The second kappa shape index (κ2) is 6.01. The van der Waals surface area contributed by atoms with E-state index in [2.05, 4.69) is 10.6 Å². The van der Waals surface area contributed by atoms with Gasteiger partial charge in [0.25, 0.3) is 0 Å². The molecule has 1 aliphatic heterocycles. The zero-order valence-corrected chi connectivity index (χ0v) is 12.0. The van der Waals surface area contributed by atoms with E-state index in [9.17, 15) is 14.4 Å². The lowest BCUT2D eigenvalue weighted by atomic mass is 10.2. The number of piperazine rings is 1. The lowest BCUT2D eigenvalue weighted by Crippen LogP contribution is -2.56. The molecular formula is C13H14ClN3O4. The minimum atomic E-state index is -1.10. The molecule has 112 valence electrons. The molecular weight excluding hydrogens is 298 g/mol. The molecule has 1 fully saturated rings. The largest absolute Gasteiger partial charge is 0.478 e. The molecule has 3 N–H and O–H groups in total. The Morgan fingerprint density at radius 3 is 2.81 bits per heavy atom. The number of urea groups is 1. The number of nitrogens with zero attached hydrogens (tertiary/aromatic N) is 1. The molecule has 0 aliphatic carbocycles. The van der Waals surface area contributed by atoms with Crippen LogP contribution >= 0.6 is 11.6 Å². The maximum atomic E-state index is 12.2. The van der Waals surface area contributed by atoms with Gasteiger partial charge in [-0.3, -0.25) is 4.79 Å². The molecule has 7 nitrogen and oxygen atoms in total. The summed E-state index contributed by atoms with van der Waals surface area (Å²) in [6.07, 6.45) is 0. The predicted octanol–water partition coefficient (Wildman–Crippen LogP) is 1.39. The van der Waals surface area contributed by atoms with Gasteiger partial charge in [-0.2, -0.15) is 0 Å². The number of aromatic carboxylic acids is 1. The summed E-state index contributed by atoms with van der Waals surface area (Å²) in [5, 5.41) is 14.2. The van der Waals surface area contributed by atoms with Crippen LogP contribution in [0.5, 0.6) is 0 Å². The molecule has 0 bridgehead atoms. The van der Waals surface area contributed by atoms with Crippen molar-refractivity contribution in [3.8, 4) is 0 Å². The Bertz CT molecular complexity index is 605. The van der Waals surface area contributed by atoms with Crippen molar-refractivity contribution in [3.63, 3.8) is 0 Å². The summed E-state index contributed by atoms with van der Waals surface area (Å²) in [5.74, 6) is -1.32. The van der Waals surface area contributed by atoms with Gasteiger partial charge in [-0.25, -0.2) is 9.59 Å². The van der Waals surface area contributed by atoms with Crippen molar-refractivity contribution in [1.29, 1.82) is 0 Å². The third-order valence-electron chi connectivity index (χ3n) is 3.22. The fourth-order valence-corrected chi connectivity index (χ4v) is 2.22. The molecule has 1 saturated heterocycles. The number of nitrogens with one attached hydrogen (secondary N) is 2. The van der Waals surface area contributed by atoms with Gasteiger partial charge in [0.2, 0.25) is 5.91 Å². The van der Waals surface area contributed by atoms with E-state index in [1.54, 1.807) is 6.92 Å². The summed E-state index contributed by atoms with van der Waals surface area (Å²) in [5.41, 5.74) is 0.327. The van der Waals surface area contributed by atoms with Crippen LogP contribution < -0.4 is 10.6 Å². The molecule has 0 aromatic heterocycles. The van der Waals surface area contributed by atoms with Crippen molar-refractivity contribution < 1.29 is 19.5 Å². The van der Waals surface area contributed by atoms with Crippen LogP contribution in [0.4, 0.5) is 10.5 Å². The van der Waals surface area contributed by atoms with Gasteiger partial charge >= 0.3 is 12.0 Å². The average Bonchev–Trinajstić information content (AvgIpc) is 2.43. The van der Waals surface area contributed by atoms with Crippen molar-refractivity contribution in [2.75, 3.05) is 18.4 Å². The highest BCUT2D eigenvalue weighted by molar-refractivity contribution is 6.34. The van der Waals surface area contributed by atoms with E-state index in [0.717, 1.165) is 0 Å². The number of carboxylic acids is 1. The third-order valence-corrected chi connectivity index (χ3v) is 3.53. The molecule has 8 heteroatoms. The van der Waals surface area contributed by atoms with Crippen LogP contribution in [0.1, 0.15) is 17.3 Å². The van der Waals surface area contributed by atoms with Crippen molar-refractivity contribution in [3.05, 3.63) is 28.8 Å². The zero-order chi connectivity index (χ0) is 15.6. The van der Waals surface area contributed by atoms with Gasteiger partial charge < -0.3 is 20.6 Å². The number of rotatable bonds is 2. The zero-order valence-electron chi connectivity index (χ0n) is 11.2. The molecule has 1 aromatic rings. The van der Waals surface area contributed by atoms with Crippen molar-refractivity contribution in [1.82, 2.24) is 10.2 Å². The number of carboxylic acid groups (broad SMARTS) is 1. The standard InChI is InChI=1S/C13H14ClN3O4/c1-7-11(18)15-4-5-17(7)13(21)16-10-3-2-8(12(19)20)6-9(10)14/h2-3,6-7H,4-5H2,1H3,(H,15,18)(H,16,21)(H,19,20). The molecule has 2 rings (SSSR count). The Balaban J connectivity index is 2.12. The highest BCUT2D eigenvalue weighted by atomic mass is 35.5. The van der Waals surface area contributed by atoms with Gasteiger partial charge in [-0.05, 0) is 25.1 Å². The van der Waals surface area contributed by atoms with Gasteiger partial charge in [0, 0.05) is 13.1 Å². The van der Waals surface area contributed by atoms with Crippen LogP contribution in [0.2, 0.25) is 5.02 Å². The summed E-state index contributed by atoms with van der Waals surface area (Å²) >= 11 is 5.95. The number of hydrogen-bond donors (Lipinski definition) is 3. The highest BCUT2D eigenvalue weighted by Gasteiger charge is 2.29. The summed E-state index contributed by atoms with van der Waals surface area (Å²) in [7, 11) is 0. The van der Waals surface area contributed by atoms with E-state index in [1.807, 2.05) is 0 Å². The molecule has 0 saturated carbocycles. The number of benzene rings is 1. The van der Waals surface area contributed by atoms with E-state index in [1.165, 1.54) is 23.1 Å². The first-order valence-electron chi connectivity index (χ1n) is 6.28. The van der Waals surface area contributed by atoms with Crippen LogP contribution in [0.3, 0.4) is 0 Å². The van der Waals surface area contributed by atoms with E-state index in [0.29, 0.717) is 18.8 Å². The van der Waals surface area contributed by atoms with Gasteiger partial charge in [0.05, 0.1) is 16.3 Å². The summed E-state index contributed by atoms with van der Waals surface area (Å²) in [6.45, 7) is 2.41. The van der Waals surface area contributed by atoms with Crippen molar-refractivity contribution >= 4 is 35.2 Å². The van der Waals surface area contributed by atoms with E-state index >= 15 is 0 Å². The maximum absolute atomic E-state index is 12.2. The Hall–Kier alpha value is -2.28. The summed E-state index contributed by atoms with van der Waals surface area (Å²) in [4.78, 5) is 35.9. The smallest absolute Gasteiger partial charge is 0.335 e. The number of carbonyl (C=O) groups is 3.